The number of carbonyl (C=O) groups excluding carboxylic acids is 1. The zero-order chi connectivity index (χ0) is 19.5. The number of hydrogen-bond donors (Lipinski definition) is 0. The molecule has 1 aromatic carbocycles. The van der Waals surface area contributed by atoms with Crippen molar-refractivity contribution in [3.05, 3.63) is 52.4 Å². The van der Waals surface area contributed by atoms with Crippen molar-refractivity contribution in [1.82, 2.24) is 19.7 Å². The van der Waals surface area contributed by atoms with Gasteiger partial charge >= 0.3 is 0 Å². The summed E-state index contributed by atoms with van der Waals surface area (Å²) in [6.45, 7) is 2.23. The minimum Gasteiger partial charge on any atom is -0.497 e. The summed E-state index contributed by atoms with van der Waals surface area (Å²) in [4.78, 5) is 19.3. The average molecular weight is 443 g/mol. The third-order valence-electron chi connectivity index (χ3n) is 5.19. The zero-order valence-electron chi connectivity index (χ0n) is 15.9. The van der Waals surface area contributed by atoms with E-state index in [9.17, 15) is 4.79 Å². The summed E-state index contributed by atoms with van der Waals surface area (Å²) in [5.74, 6) is 0.835. The van der Waals surface area contributed by atoms with E-state index in [4.69, 9.17) is 4.74 Å². The number of pyridine rings is 1. The lowest BCUT2D eigenvalue weighted by Gasteiger charge is -2.19. The zero-order valence-corrected chi connectivity index (χ0v) is 17.5. The summed E-state index contributed by atoms with van der Waals surface area (Å²) in [6.07, 6.45) is 6.25. The van der Waals surface area contributed by atoms with Gasteiger partial charge < -0.3 is 9.64 Å². The molecule has 1 amide bonds. The van der Waals surface area contributed by atoms with Crippen LogP contribution in [0.2, 0.25) is 0 Å². The molecule has 0 bridgehead atoms. The normalized spacial score (nSPS) is 14.9. The van der Waals surface area contributed by atoms with Crippen LogP contribution in [0, 0.1) is 0 Å². The first-order valence-electron chi connectivity index (χ1n) is 9.60. The van der Waals surface area contributed by atoms with Crippen molar-refractivity contribution in [3.8, 4) is 5.75 Å². The predicted molar refractivity (Wildman–Crippen MR) is 112 cm³/mol. The van der Waals surface area contributed by atoms with E-state index >= 15 is 0 Å². The van der Waals surface area contributed by atoms with Crippen LogP contribution >= 0.6 is 15.9 Å². The van der Waals surface area contributed by atoms with Gasteiger partial charge in [0.05, 0.1) is 24.6 Å². The smallest absolute Gasteiger partial charge is 0.272 e. The summed E-state index contributed by atoms with van der Waals surface area (Å²) in [7, 11) is 1.66. The fraction of sp³-hybridized carbons (Fsp3) is 0.381. The molecule has 3 aromatic rings. The molecule has 1 aliphatic rings. The highest BCUT2D eigenvalue weighted by molar-refractivity contribution is 9.10. The van der Waals surface area contributed by atoms with Crippen LogP contribution in [-0.4, -0.2) is 45.8 Å². The number of halogens is 1. The minimum absolute atomic E-state index is 0.0112. The van der Waals surface area contributed by atoms with Gasteiger partial charge in [0, 0.05) is 19.3 Å². The Kier molecular flexibility index (Phi) is 5.62. The van der Waals surface area contributed by atoms with Gasteiger partial charge in [0.1, 0.15) is 16.0 Å². The molecule has 0 atom stereocenters. The molecule has 2 aromatic heterocycles. The summed E-state index contributed by atoms with van der Waals surface area (Å²) in [5, 5.41) is 5.50. The molecule has 28 heavy (non-hydrogen) atoms. The SMILES string of the molecule is COc1ccc(Cn2nc(Br)c3cnc(C(=O)N4CCCCCC4)cc32)cc1. The van der Waals surface area contributed by atoms with Crippen molar-refractivity contribution in [1.29, 1.82) is 0 Å². The maximum absolute atomic E-state index is 13.0. The standard InChI is InChI=1S/C21H23BrN4O2/c1-28-16-8-6-15(7-9-16)14-26-19-12-18(23-13-17(19)20(22)24-26)21(27)25-10-4-2-3-5-11-25/h6-9,12-13H,2-5,10-11,14H2,1H3. The van der Waals surface area contributed by atoms with Gasteiger partial charge in [0.25, 0.3) is 5.91 Å². The van der Waals surface area contributed by atoms with Crippen LogP contribution in [0.5, 0.6) is 5.75 Å². The maximum Gasteiger partial charge on any atom is 0.272 e. The molecule has 4 rings (SSSR count). The number of ether oxygens (including phenoxy) is 1. The highest BCUT2D eigenvalue weighted by atomic mass is 79.9. The minimum atomic E-state index is 0.0112. The molecule has 1 fully saturated rings. The van der Waals surface area contributed by atoms with Crippen LogP contribution in [0.25, 0.3) is 10.9 Å². The van der Waals surface area contributed by atoms with Gasteiger partial charge in [0.15, 0.2) is 0 Å². The number of benzene rings is 1. The number of carbonyl (C=O) groups is 1. The molecule has 146 valence electrons. The summed E-state index contributed by atoms with van der Waals surface area (Å²) < 4.78 is 7.86. The van der Waals surface area contributed by atoms with E-state index in [1.165, 1.54) is 12.8 Å². The number of rotatable bonds is 4. The van der Waals surface area contributed by atoms with Crippen LogP contribution in [0.1, 0.15) is 41.7 Å². The average Bonchev–Trinajstić information content (AvgIpc) is 2.91. The van der Waals surface area contributed by atoms with Gasteiger partial charge in [-0.3, -0.25) is 14.5 Å². The molecule has 0 radical (unpaired) electrons. The molecule has 7 heteroatoms. The van der Waals surface area contributed by atoms with Crippen molar-refractivity contribution >= 4 is 32.7 Å². The number of methoxy groups -OCH3 is 1. The first-order chi connectivity index (χ1) is 13.7. The van der Waals surface area contributed by atoms with Crippen LogP contribution in [0.4, 0.5) is 0 Å². The second kappa shape index (κ2) is 8.31. The van der Waals surface area contributed by atoms with Crippen molar-refractivity contribution in [2.45, 2.75) is 32.2 Å². The topological polar surface area (TPSA) is 60.2 Å². The van der Waals surface area contributed by atoms with Gasteiger partial charge in [-0.2, -0.15) is 5.10 Å². The molecular formula is C21H23BrN4O2. The maximum atomic E-state index is 13.0. The molecular weight excluding hydrogens is 420 g/mol. The number of aromatic nitrogens is 3. The second-order valence-electron chi connectivity index (χ2n) is 7.09. The lowest BCUT2D eigenvalue weighted by Crippen LogP contribution is -2.32. The molecule has 1 saturated heterocycles. The van der Waals surface area contributed by atoms with Crippen LogP contribution in [0.15, 0.2) is 41.1 Å². The Bertz CT molecular complexity index is 976. The van der Waals surface area contributed by atoms with E-state index in [1.54, 1.807) is 13.3 Å². The number of amides is 1. The lowest BCUT2D eigenvalue weighted by molar-refractivity contribution is 0.0756. The van der Waals surface area contributed by atoms with E-state index in [-0.39, 0.29) is 5.91 Å². The van der Waals surface area contributed by atoms with Crippen LogP contribution < -0.4 is 4.74 Å². The Hall–Kier alpha value is -2.41. The van der Waals surface area contributed by atoms with Crippen molar-refractivity contribution < 1.29 is 9.53 Å². The molecule has 0 N–H and O–H groups in total. The highest BCUT2D eigenvalue weighted by Gasteiger charge is 2.20. The van der Waals surface area contributed by atoms with Crippen molar-refractivity contribution in [2.24, 2.45) is 0 Å². The third kappa shape index (κ3) is 3.90. The third-order valence-corrected chi connectivity index (χ3v) is 5.78. The van der Waals surface area contributed by atoms with Gasteiger partial charge in [-0.1, -0.05) is 25.0 Å². The van der Waals surface area contributed by atoms with Gasteiger partial charge in [0.2, 0.25) is 0 Å². The fourth-order valence-electron chi connectivity index (χ4n) is 3.61. The fourth-order valence-corrected chi connectivity index (χ4v) is 4.11. The van der Waals surface area contributed by atoms with E-state index < -0.39 is 0 Å². The molecule has 3 heterocycles. The monoisotopic (exact) mass is 442 g/mol. The summed E-state index contributed by atoms with van der Waals surface area (Å²) in [5.41, 5.74) is 2.49. The second-order valence-corrected chi connectivity index (χ2v) is 7.84. The largest absolute Gasteiger partial charge is 0.497 e. The Morgan fingerprint density at radius 2 is 1.86 bits per heavy atom. The van der Waals surface area contributed by atoms with Gasteiger partial charge in [-0.15, -0.1) is 0 Å². The molecule has 0 unspecified atom stereocenters. The molecule has 1 aliphatic heterocycles. The number of hydrogen-bond acceptors (Lipinski definition) is 4. The van der Waals surface area contributed by atoms with Crippen molar-refractivity contribution in [3.63, 3.8) is 0 Å². The molecule has 0 aliphatic carbocycles. The number of likely N-dealkylation sites (tertiary alicyclic amines) is 1. The summed E-state index contributed by atoms with van der Waals surface area (Å²) >= 11 is 3.52. The molecule has 0 spiro atoms. The van der Waals surface area contributed by atoms with Gasteiger partial charge in [-0.05, 0) is 52.5 Å². The number of fused-ring (bicyclic) bond motifs is 1. The Morgan fingerprint density at radius 1 is 1.14 bits per heavy atom. The summed E-state index contributed by atoms with van der Waals surface area (Å²) in [6, 6.07) is 9.77. The van der Waals surface area contributed by atoms with Crippen molar-refractivity contribution in [2.75, 3.05) is 20.2 Å². The molecule has 6 nitrogen and oxygen atoms in total. The molecule has 0 saturated carbocycles. The lowest BCUT2D eigenvalue weighted by atomic mass is 10.2. The highest BCUT2D eigenvalue weighted by Crippen LogP contribution is 2.25. The predicted octanol–water partition coefficient (Wildman–Crippen LogP) is 4.27. The number of nitrogens with zero attached hydrogens (tertiary/aromatic N) is 4. The van der Waals surface area contributed by atoms with Crippen LogP contribution in [0.3, 0.4) is 0 Å². The first-order valence-corrected chi connectivity index (χ1v) is 10.4. The van der Waals surface area contributed by atoms with E-state index in [2.05, 4.69) is 26.0 Å². The van der Waals surface area contributed by atoms with E-state index in [0.29, 0.717) is 12.2 Å². The Morgan fingerprint density at radius 3 is 2.54 bits per heavy atom. The van der Waals surface area contributed by atoms with E-state index in [0.717, 1.165) is 52.8 Å². The quantitative estimate of drug-likeness (QED) is 0.605. The Labute approximate surface area is 172 Å². The van der Waals surface area contributed by atoms with E-state index in [1.807, 2.05) is 39.9 Å². The van der Waals surface area contributed by atoms with Crippen LogP contribution in [-0.2, 0) is 6.54 Å². The van der Waals surface area contributed by atoms with Gasteiger partial charge in [-0.25, -0.2) is 0 Å². The Balaban J connectivity index is 1.64. The first kappa shape index (κ1) is 18.9.